The predicted molar refractivity (Wildman–Crippen MR) is 160 cm³/mol. The third-order valence-electron chi connectivity index (χ3n) is 7.03. The zero-order chi connectivity index (χ0) is 28.9. The van der Waals surface area contributed by atoms with Crippen LogP contribution in [0.15, 0.2) is 77.6 Å². The zero-order valence-corrected chi connectivity index (χ0v) is 23.8. The largest absolute Gasteiger partial charge is 0.361 e. The minimum absolute atomic E-state index is 0.0643. The molecule has 0 aliphatic rings. The molecule has 0 atom stereocenters. The average Bonchev–Trinajstić information content (AvgIpc) is 3.40. The number of rotatable bonds is 9. The molecule has 0 saturated heterocycles. The van der Waals surface area contributed by atoms with Crippen LogP contribution in [0, 0.1) is 20.8 Å². The summed E-state index contributed by atoms with van der Waals surface area (Å²) in [6.45, 7) is 6.55. The van der Waals surface area contributed by atoms with Crippen molar-refractivity contribution in [2.75, 3.05) is 18.9 Å². The highest BCUT2D eigenvalue weighted by Crippen LogP contribution is 2.28. The molecule has 8 heteroatoms. The lowest BCUT2D eigenvalue weighted by Crippen LogP contribution is -2.27. The number of unbranched alkanes of at least 4 members (excludes halogenated alkanes) is 1. The normalized spacial score (nSPS) is 11.0. The maximum absolute atomic E-state index is 13.6. The molecular weight excluding hydrogens is 514 g/mol. The van der Waals surface area contributed by atoms with Gasteiger partial charge in [0.15, 0.2) is 0 Å². The van der Waals surface area contributed by atoms with Crippen molar-refractivity contribution in [2.24, 2.45) is 0 Å². The summed E-state index contributed by atoms with van der Waals surface area (Å²) in [5.74, 6) is 0.559. The van der Waals surface area contributed by atoms with E-state index in [-0.39, 0.29) is 11.8 Å². The predicted octanol–water partition coefficient (Wildman–Crippen LogP) is 6.56. The molecule has 3 heterocycles. The number of carbonyl (C=O) groups is 2. The Hall–Kier alpha value is -4.85. The standard InChI is InChI=1S/C33H33N5O3/c1-21-16-22(2)31-28(17-21)29(19-30(36-31)25-8-7-14-34-20-25)32(39)35-26-12-10-24(11-13-26)33(40)38(4)15-6-5-9-27-18-23(3)37-41-27/h7-8,10-14,16-20H,5-6,9,15H2,1-4H3,(H,35,39). The molecule has 41 heavy (non-hydrogen) atoms. The van der Waals surface area contributed by atoms with Crippen LogP contribution < -0.4 is 5.32 Å². The number of benzene rings is 2. The first-order valence-corrected chi connectivity index (χ1v) is 13.7. The molecule has 5 aromatic rings. The summed E-state index contributed by atoms with van der Waals surface area (Å²) in [6, 6.07) is 18.6. The molecule has 0 spiro atoms. The summed E-state index contributed by atoms with van der Waals surface area (Å²) in [6.07, 6.45) is 6.01. The number of hydrogen-bond donors (Lipinski definition) is 1. The van der Waals surface area contributed by atoms with E-state index in [0.29, 0.717) is 29.1 Å². The molecule has 3 aromatic heterocycles. The Morgan fingerprint density at radius 3 is 2.49 bits per heavy atom. The molecule has 0 unspecified atom stereocenters. The first kappa shape index (κ1) is 27.7. The van der Waals surface area contributed by atoms with E-state index in [1.165, 1.54) is 0 Å². The quantitative estimate of drug-likeness (QED) is 0.210. The molecule has 0 aliphatic carbocycles. The van der Waals surface area contributed by atoms with Gasteiger partial charge in [0.1, 0.15) is 5.76 Å². The second kappa shape index (κ2) is 12.1. The topological polar surface area (TPSA) is 101 Å². The van der Waals surface area contributed by atoms with Crippen LogP contribution in [0.3, 0.4) is 0 Å². The maximum Gasteiger partial charge on any atom is 0.256 e. The van der Waals surface area contributed by atoms with Crippen molar-refractivity contribution in [3.8, 4) is 11.3 Å². The summed E-state index contributed by atoms with van der Waals surface area (Å²) < 4.78 is 5.25. The van der Waals surface area contributed by atoms with Crippen molar-refractivity contribution >= 4 is 28.4 Å². The average molecular weight is 548 g/mol. The van der Waals surface area contributed by atoms with E-state index in [1.807, 2.05) is 51.1 Å². The number of carbonyl (C=O) groups excluding carboxylic acids is 2. The second-order valence-corrected chi connectivity index (χ2v) is 10.4. The van der Waals surface area contributed by atoms with Gasteiger partial charge >= 0.3 is 0 Å². The summed E-state index contributed by atoms with van der Waals surface area (Å²) in [7, 11) is 1.80. The molecule has 2 amide bonds. The molecule has 5 rings (SSSR count). The molecule has 0 fully saturated rings. The summed E-state index contributed by atoms with van der Waals surface area (Å²) in [4.78, 5) is 37.3. The molecular formula is C33H33N5O3. The van der Waals surface area contributed by atoms with E-state index >= 15 is 0 Å². The van der Waals surface area contributed by atoms with Crippen molar-refractivity contribution < 1.29 is 14.1 Å². The number of hydrogen-bond acceptors (Lipinski definition) is 6. The molecule has 0 saturated carbocycles. The molecule has 0 aliphatic heterocycles. The maximum atomic E-state index is 13.6. The molecule has 8 nitrogen and oxygen atoms in total. The van der Waals surface area contributed by atoms with E-state index in [1.54, 1.807) is 48.6 Å². The van der Waals surface area contributed by atoms with Crippen molar-refractivity contribution in [1.82, 2.24) is 20.0 Å². The number of nitrogens with one attached hydrogen (secondary N) is 1. The highest BCUT2D eigenvalue weighted by Gasteiger charge is 2.17. The Morgan fingerprint density at radius 2 is 1.78 bits per heavy atom. The van der Waals surface area contributed by atoms with Gasteiger partial charge in [-0.25, -0.2) is 4.98 Å². The number of aromatic nitrogens is 3. The van der Waals surface area contributed by atoms with Gasteiger partial charge in [-0.1, -0.05) is 16.8 Å². The van der Waals surface area contributed by atoms with Crippen LogP contribution in [0.4, 0.5) is 5.69 Å². The first-order chi connectivity index (χ1) is 19.8. The van der Waals surface area contributed by atoms with E-state index in [4.69, 9.17) is 9.51 Å². The van der Waals surface area contributed by atoms with E-state index < -0.39 is 0 Å². The van der Waals surface area contributed by atoms with Crippen molar-refractivity contribution in [2.45, 2.75) is 40.0 Å². The van der Waals surface area contributed by atoms with Gasteiger partial charge < -0.3 is 14.7 Å². The van der Waals surface area contributed by atoms with Crippen LogP contribution in [-0.4, -0.2) is 45.4 Å². The smallest absolute Gasteiger partial charge is 0.256 e. The third kappa shape index (κ3) is 6.49. The lowest BCUT2D eigenvalue weighted by atomic mass is 9.99. The van der Waals surface area contributed by atoms with Crippen LogP contribution >= 0.6 is 0 Å². The summed E-state index contributed by atoms with van der Waals surface area (Å²) >= 11 is 0. The summed E-state index contributed by atoms with van der Waals surface area (Å²) in [5.41, 5.74) is 6.93. The Balaban J connectivity index is 1.28. The van der Waals surface area contributed by atoms with Gasteiger partial charge in [-0.3, -0.25) is 14.6 Å². The molecule has 0 bridgehead atoms. The second-order valence-electron chi connectivity index (χ2n) is 10.4. The monoisotopic (exact) mass is 547 g/mol. The van der Waals surface area contributed by atoms with Crippen molar-refractivity contribution in [3.05, 3.63) is 107 Å². The lowest BCUT2D eigenvalue weighted by molar-refractivity contribution is 0.0792. The number of fused-ring (bicyclic) bond motifs is 1. The van der Waals surface area contributed by atoms with Gasteiger partial charge in [0.05, 0.1) is 22.5 Å². The Kier molecular flexibility index (Phi) is 8.19. The van der Waals surface area contributed by atoms with Crippen LogP contribution in [0.2, 0.25) is 0 Å². The summed E-state index contributed by atoms with van der Waals surface area (Å²) in [5, 5.41) is 7.70. The van der Waals surface area contributed by atoms with Gasteiger partial charge in [-0.05, 0) is 87.7 Å². The number of pyridine rings is 2. The van der Waals surface area contributed by atoms with Gasteiger partial charge in [0.2, 0.25) is 0 Å². The number of anilines is 1. The Labute approximate surface area is 239 Å². The highest BCUT2D eigenvalue weighted by atomic mass is 16.5. The third-order valence-corrected chi connectivity index (χ3v) is 7.03. The van der Waals surface area contributed by atoms with Crippen molar-refractivity contribution in [3.63, 3.8) is 0 Å². The van der Waals surface area contributed by atoms with Gasteiger partial charge in [0, 0.05) is 60.7 Å². The fraction of sp³-hybridized carbons (Fsp3) is 0.242. The molecule has 1 N–H and O–H groups in total. The van der Waals surface area contributed by atoms with E-state index in [2.05, 4.69) is 21.5 Å². The number of nitrogens with zero attached hydrogens (tertiary/aromatic N) is 4. The van der Waals surface area contributed by atoms with Crippen LogP contribution in [0.1, 0.15) is 56.1 Å². The van der Waals surface area contributed by atoms with Crippen LogP contribution in [0.25, 0.3) is 22.2 Å². The first-order valence-electron chi connectivity index (χ1n) is 13.7. The Bertz CT molecular complexity index is 1690. The minimum atomic E-state index is -0.245. The van der Waals surface area contributed by atoms with Gasteiger partial charge in [-0.15, -0.1) is 0 Å². The molecule has 2 aromatic carbocycles. The minimum Gasteiger partial charge on any atom is -0.361 e. The van der Waals surface area contributed by atoms with E-state index in [9.17, 15) is 9.59 Å². The van der Waals surface area contributed by atoms with E-state index in [0.717, 1.165) is 58.3 Å². The Morgan fingerprint density at radius 1 is 0.976 bits per heavy atom. The SMILES string of the molecule is Cc1cc(C)c2nc(-c3cccnc3)cc(C(=O)Nc3ccc(C(=O)N(C)CCCCc4cc(C)no4)cc3)c2c1. The fourth-order valence-corrected chi connectivity index (χ4v) is 4.93. The van der Waals surface area contributed by atoms with Crippen LogP contribution in [0.5, 0.6) is 0 Å². The number of aryl methyl sites for hydroxylation is 4. The highest BCUT2D eigenvalue weighted by molar-refractivity contribution is 6.13. The lowest BCUT2D eigenvalue weighted by Gasteiger charge is -2.17. The van der Waals surface area contributed by atoms with Gasteiger partial charge in [-0.2, -0.15) is 0 Å². The van der Waals surface area contributed by atoms with Crippen molar-refractivity contribution in [1.29, 1.82) is 0 Å². The molecule has 208 valence electrons. The fourth-order valence-electron chi connectivity index (χ4n) is 4.93. The van der Waals surface area contributed by atoms with Crippen LogP contribution in [-0.2, 0) is 6.42 Å². The molecule has 0 radical (unpaired) electrons. The van der Waals surface area contributed by atoms with Gasteiger partial charge in [0.25, 0.3) is 11.8 Å². The number of amides is 2. The zero-order valence-electron chi connectivity index (χ0n) is 23.8.